The van der Waals surface area contributed by atoms with E-state index in [9.17, 15) is 0 Å². The first-order valence-electron chi connectivity index (χ1n) is 9.72. The molecule has 2 aliphatic rings. The minimum absolute atomic E-state index is 0.176. The van der Waals surface area contributed by atoms with Gasteiger partial charge in [0, 0.05) is 44.0 Å². The highest BCUT2D eigenvalue weighted by atomic mass is 15.3. The molecule has 2 saturated heterocycles. The van der Waals surface area contributed by atoms with Gasteiger partial charge in [0.05, 0.1) is 10.9 Å². The van der Waals surface area contributed by atoms with Crippen LogP contribution in [-0.4, -0.2) is 46.1 Å². The molecule has 2 fully saturated rings. The summed E-state index contributed by atoms with van der Waals surface area (Å²) in [5, 5.41) is 10.2. The van der Waals surface area contributed by atoms with Crippen LogP contribution in [0, 0.1) is 29.6 Å². The van der Waals surface area contributed by atoms with Gasteiger partial charge in [-0.2, -0.15) is 5.26 Å². The summed E-state index contributed by atoms with van der Waals surface area (Å²) in [5.41, 5.74) is 2.71. The molecule has 5 heterocycles. The summed E-state index contributed by atoms with van der Waals surface area (Å²) in [6, 6.07) is 6.31. The van der Waals surface area contributed by atoms with Crippen LogP contribution in [0.15, 0.2) is 30.9 Å². The first-order valence-corrected chi connectivity index (χ1v) is 9.72. The zero-order chi connectivity index (χ0) is 19.3. The van der Waals surface area contributed by atoms with Gasteiger partial charge in [0.25, 0.3) is 0 Å². The maximum Gasteiger partial charge on any atom is 0.142 e. The van der Waals surface area contributed by atoms with Gasteiger partial charge in [-0.15, -0.1) is 0 Å². The van der Waals surface area contributed by atoms with Crippen LogP contribution < -0.4 is 9.80 Å². The number of hydrogen-bond donors (Lipinski definition) is 1. The summed E-state index contributed by atoms with van der Waals surface area (Å²) >= 11 is 0. The van der Waals surface area contributed by atoms with Gasteiger partial charge in [0.2, 0.25) is 0 Å². The Morgan fingerprint density at radius 3 is 2.93 bits per heavy atom. The molecule has 3 aromatic heterocycles. The van der Waals surface area contributed by atoms with Crippen molar-refractivity contribution in [2.45, 2.75) is 20.3 Å². The number of aromatic amines is 1. The smallest absolute Gasteiger partial charge is 0.142 e. The van der Waals surface area contributed by atoms with Crippen molar-refractivity contribution < 1.29 is 0 Å². The summed E-state index contributed by atoms with van der Waals surface area (Å²) < 4.78 is 0. The number of aromatic nitrogens is 4. The lowest BCUT2D eigenvalue weighted by Crippen LogP contribution is -2.47. The lowest BCUT2D eigenvalue weighted by atomic mass is 9.75. The van der Waals surface area contributed by atoms with Crippen LogP contribution in [0.1, 0.15) is 24.5 Å². The summed E-state index contributed by atoms with van der Waals surface area (Å²) in [4.78, 5) is 21.4. The predicted octanol–water partition coefficient (Wildman–Crippen LogP) is 2.89. The van der Waals surface area contributed by atoms with E-state index in [-0.39, 0.29) is 5.41 Å². The molecule has 0 saturated carbocycles. The largest absolute Gasteiger partial charge is 0.356 e. The van der Waals surface area contributed by atoms with Crippen LogP contribution >= 0.6 is 0 Å². The molecule has 0 aliphatic carbocycles. The van der Waals surface area contributed by atoms with Crippen LogP contribution in [0.2, 0.25) is 0 Å². The average Bonchev–Trinajstić information content (AvgIpc) is 3.30. The molecule has 5 rings (SSSR count). The Morgan fingerprint density at radius 2 is 2.11 bits per heavy atom. The summed E-state index contributed by atoms with van der Waals surface area (Å²) in [5.74, 6) is 2.63. The highest BCUT2D eigenvalue weighted by molar-refractivity contribution is 5.87. The minimum Gasteiger partial charge on any atom is -0.356 e. The number of pyridine rings is 1. The quantitative estimate of drug-likeness (QED) is 0.743. The van der Waals surface area contributed by atoms with Gasteiger partial charge in [-0.05, 0) is 37.0 Å². The summed E-state index contributed by atoms with van der Waals surface area (Å²) in [7, 11) is 0. The number of anilines is 2. The van der Waals surface area contributed by atoms with Crippen molar-refractivity contribution in [3.63, 3.8) is 0 Å². The third kappa shape index (κ3) is 2.60. The van der Waals surface area contributed by atoms with Crippen LogP contribution in [0.5, 0.6) is 0 Å². The molecule has 28 heavy (non-hydrogen) atoms. The number of fused-ring (bicyclic) bond motifs is 2. The van der Waals surface area contributed by atoms with Gasteiger partial charge in [0.15, 0.2) is 0 Å². The summed E-state index contributed by atoms with van der Waals surface area (Å²) in [6.07, 6.45) is 6.41. The molecular weight excluding hydrogens is 350 g/mol. The van der Waals surface area contributed by atoms with E-state index in [4.69, 9.17) is 5.26 Å². The van der Waals surface area contributed by atoms with Gasteiger partial charge >= 0.3 is 0 Å². The number of hydrogen-bond acceptors (Lipinski definition) is 6. The van der Waals surface area contributed by atoms with Crippen molar-refractivity contribution >= 4 is 22.7 Å². The number of aryl methyl sites for hydroxylation is 1. The van der Waals surface area contributed by atoms with Crippen LogP contribution in [0.3, 0.4) is 0 Å². The molecule has 7 heteroatoms. The average molecular weight is 373 g/mol. The second-order valence-corrected chi connectivity index (χ2v) is 8.35. The predicted molar refractivity (Wildman–Crippen MR) is 108 cm³/mol. The van der Waals surface area contributed by atoms with Gasteiger partial charge in [-0.3, -0.25) is 0 Å². The molecule has 142 valence electrons. The highest BCUT2D eigenvalue weighted by Crippen LogP contribution is 2.44. The second-order valence-electron chi connectivity index (χ2n) is 8.35. The number of H-pyrrole nitrogens is 1. The Kier molecular flexibility index (Phi) is 3.76. The third-order valence-corrected chi connectivity index (χ3v) is 6.45. The van der Waals surface area contributed by atoms with Crippen molar-refractivity contribution in [3.8, 4) is 6.07 Å². The zero-order valence-corrected chi connectivity index (χ0v) is 16.2. The van der Waals surface area contributed by atoms with Crippen LogP contribution in [0.4, 0.5) is 11.6 Å². The minimum atomic E-state index is 0.176. The van der Waals surface area contributed by atoms with E-state index in [1.807, 2.05) is 19.2 Å². The monoisotopic (exact) mass is 373 g/mol. The number of nitriles is 1. The van der Waals surface area contributed by atoms with Crippen molar-refractivity contribution in [1.82, 2.24) is 19.9 Å². The zero-order valence-electron chi connectivity index (χ0n) is 16.2. The van der Waals surface area contributed by atoms with E-state index in [1.165, 1.54) is 0 Å². The maximum absolute atomic E-state index is 9.16. The summed E-state index contributed by atoms with van der Waals surface area (Å²) in [6.45, 7) is 8.33. The van der Waals surface area contributed by atoms with Crippen molar-refractivity contribution in [3.05, 3.63) is 42.0 Å². The molecule has 7 nitrogen and oxygen atoms in total. The molecule has 0 radical (unpaired) electrons. The standard InChI is InChI=1S/C21H23N7/c1-14-7-18(24-9-15(14)8-22)28-10-16-4-6-27(11-21(16,2)12-28)20-17-3-5-23-19(17)25-13-26-20/h3,5,7,9,13,16H,4,6,10-12H2,1-2H3,(H,23,25,26)/t16?,21-/m0/s1. The molecule has 0 aromatic carbocycles. The highest BCUT2D eigenvalue weighted by Gasteiger charge is 2.47. The molecule has 3 aromatic rings. The molecule has 1 N–H and O–H groups in total. The van der Waals surface area contributed by atoms with Gasteiger partial charge < -0.3 is 14.8 Å². The lowest BCUT2D eigenvalue weighted by molar-refractivity contribution is 0.216. The SMILES string of the molecule is Cc1cc(N2CC3CCN(c4ncnc5[nH]ccc45)C[C@@]3(C)C2)ncc1C#N. The van der Waals surface area contributed by atoms with E-state index >= 15 is 0 Å². The molecule has 0 bridgehead atoms. The Bertz CT molecular complexity index is 1080. The Morgan fingerprint density at radius 1 is 1.25 bits per heavy atom. The van der Waals surface area contributed by atoms with E-state index in [0.717, 1.165) is 60.8 Å². The fourth-order valence-corrected chi connectivity index (χ4v) is 4.86. The molecule has 2 aliphatic heterocycles. The molecule has 0 spiro atoms. The van der Waals surface area contributed by atoms with Crippen LogP contribution in [0.25, 0.3) is 11.0 Å². The number of nitrogens with zero attached hydrogens (tertiary/aromatic N) is 6. The first kappa shape index (κ1) is 17.0. The first-order chi connectivity index (χ1) is 13.6. The van der Waals surface area contributed by atoms with Crippen LogP contribution in [-0.2, 0) is 0 Å². The van der Waals surface area contributed by atoms with Crippen molar-refractivity contribution in [2.75, 3.05) is 36.0 Å². The molecular formula is C21H23N7. The Hall–Kier alpha value is -3.14. The fraction of sp³-hybridized carbons (Fsp3) is 0.429. The maximum atomic E-state index is 9.16. The number of piperidine rings is 1. The van der Waals surface area contributed by atoms with Crippen molar-refractivity contribution in [2.24, 2.45) is 11.3 Å². The van der Waals surface area contributed by atoms with E-state index in [1.54, 1.807) is 12.5 Å². The normalized spacial score (nSPS) is 24.4. The van der Waals surface area contributed by atoms with Gasteiger partial charge in [0.1, 0.15) is 29.7 Å². The van der Waals surface area contributed by atoms with Gasteiger partial charge in [-0.25, -0.2) is 15.0 Å². The fourth-order valence-electron chi connectivity index (χ4n) is 4.86. The van der Waals surface area contributed by atoms with E-state index in [0.29, 0.717) is 11.5 Å². The van der Waals surface area contributed by atoms with Crippen molar-refractivity contribution in [1.29, 1.82) is 5.26 Å². The molecule has 0 amide bonds. The second kappa shape index (κ2) is 6.20. The topological polar surface area (TPSA) is 84.7 Å². The van der Waals surface area contributed by atoms with E-state index in [2.05, 4.69) is 48.8 Å². The van der Waals surface area contributed by atoms with E-state index < -0.39 is 0 Å². The third-order valence-electron chi connectivity index (χ3n) is 6.45. The Balaban J connectivity index is 1.41. The number of rotatable bonds is 2. The molecule has 2 atom stereocenters. The van der Waals surface area contributed by atoms with Gasteiger partial charge in [-0.1, -0.05) is 6.92 Å². The lowest BCUT2D eigenvalue weighted by Gasteiger charge is -2.42. The number of nitrogens with one attached hydrogen (secondary N) is 1. The molecule has 1 unspecified atom stereocenters. The Labute approximate surface area is 164 Å².